The predicted molar refractivity (Wildman–Crippen MR) is 92.3 cm³/mol. The van der Waals surface area contributed by atoms with Gasteiger partial charge in [0.05, 0.1) is 11.1 Å². The molecular weight excluding hydrogens is 330 g/mol. The second-order valence-electron chi connectivity index (χ2n) is 6.15. The summed E-state index contributed by atoms with van der Waals surface area (Å²) >= 11 is 0. The third-order valence-corrected chi connectivity index (χ3v) is 4.54. The molecule has 0 spiro atoms. The highest BCUT2D eigenvalue weighted by Gasteiger charge is 2.37. The van der Waals surface area contributed by atoms with Gasteiger partial charge in [0.2, 0.25) is 5.91 Å². The fourth-order valence-electron chi connectivity index (χ4n) is 3.36. The van der Waals surface area contributed by atoms with Gasteiger partial charge in [0.1, 0.15) is 6.54 Å². The molecule has 130 valence electrons. The summed E-state index contributed by atoms with van der Waals surface area (Å²) in [6, 6.07) is 6.71. The number of amides is 3. The van der Waals surface area contributed by atoms with E-state index in [0.717, 1.165) is 24.3 Å². The summed E-state index contributed by atoms with van der Waals surface area (Å²) in [7, 11) is 1.90. The molecule has 7 heteroatoms. The molecular formula is C17H22ClN3O3. The van der Waals surface area contributed by atoms with Crippen molar-refractivity contribution in [2.24, 2.45) is 5.92 Å². The highest BCUT2D eigenvalue weighted by molar-refractivity contribution is 6.22. The Bertz CT molecular complexity index is 613. The Hall–Kier alpha value is -1.92. The molecule has 1 fully saturated rings. The Balaban J connectivity index is 0.00000208. The minimum absolute atomic E-state index is 0. The van der Waals surface area contributed by atoms with E-state index < -0.39 is 0 Å². The number of carbonyl (C=O) groups excluding carboxylic acids is 3. The van der Waals surface area contributed by atoms with Crippen LogP contribution >= 0.6 is 12.4 Å². The number of nitrogens with zero attached hydrogens (tertiary/aromatic N) is 2. The lowest BCUT2D eigenvalue weighted by molar-refractivity contribution is -0.133. The van der Waals surface area contributed by atoms with Crippen molar-refractivity contribution in [2.75, 3.05) is 33.2 Å². The number of fused-ring (bicyclic) bond motifs is 1. The van der Waals surface area contributed by atoms with Crippen LogP contribution in [0.4, 0.5) is 0 Å². The number of rotatable bonds is 4. The van der Waals surface area contributed by atoms with E-state index >= 15 is 0 Å². The lowest BCUT2D eigenvalue weighted by Gasteiger charge is -2.33. The van der Waals surface area contributed by atoms with Crippen molar-refractivity contribution in [2.45, 2.75) is 12.8 Å². The van der Waals surface area contributed by atoms with Gasteiger partial charge in [-0.3, -0.25) is 19.3 Å². The lowest BCUT2D eigenvalue weighted by atomic mass is 9.98. The molecule has 1 saturated heterocycles. The first kappa shape index (κ1) is 18.4. The summed E-state index contributed by atoms with van der Waals surface area (Å²) < 4.78 is 0. The van der Waals surface area contributed by atoms with E-state index in [1.165, 1.54) is 0 Å². The molecule has 0 aromatic heterocycles. The molecule has 24 heavy (non-hydrogen) atoms. The fraction of sp³-hybridized carbons (Fsp3) is 0.471. The standard InChI is InChI=1S/C17H21N3O3.ClH/c1-18-9-12-5-4-8-19(10-12)15(21)11-20-16(22)13-6-2-3-7-14(13)17(20)23;/h2-3,6-7,12,18H,4-5,8-11H2,1H3;1H. The number of imide groups is 1. The number of likely N-dealkylation sites (tertiary alicyclic amines) is 1. The number of hydrogen-bond acceptors (Lipinski definition) is 4. The molecule has 2 aliphatic rings. The Morgan fingerprint density at radius 1 is 1.21 bits per heavy atom. The van der Waals surface area contributed by atoms with Crippen molar-refractivity contribution in [1.82, 2.24) is 15.1 Å². The Morgan fingerprint density at radius 2 is 1.83 bits per heavy atom. The van der Waals surface area contributed by atoms with E-state index in [0.29, 0.717) is 30.1 Å². The van der Waals surface area contributed by atoms with Gasteiger partial charge in [-0.1, -0.05) is 12.1 Å². The number of carbonyl (C=O) groups is 3. The molecule has 0 aliphatic carbocycles. The van der Waals surface area contributed by atoms with Crippen LogP contribution in [0, 0.1) is 5.92 Å². The van der Waals surface area contributed by atoms with E-state index in [4.69, 9.17) is 0 Å². The molecule has 0 saturated carbocycles. The normalized spacial score (nSPS) is 20.0. The monoisotopic (exact) mass is 351 g/mol. The minimum atomic E-state index is -0.372. The van der Waals surface area contributed by atoms with Gasteiger partial charge in [-0.15, -0.1) is 12.4 Å². The number of nitrogens with one attached hydrogen (secondary N) is 1. The highest BCUT2D eigenvalue weighted by atomic mass is 35.5. The van der Waals surface area contributed by atoms with E-state index in [9.17, 15) is 14.4 Å². The average molecular weight is 352 g/mol. The second kappa shape index (κ2) is 7.77. The van der Waals surface area contributed by atoms with Crippen LogP contribution in [0.3, 0.4) is 0 Å². The lowest BCUT2D eigenvalue weighted by Crippen LogP contribution is -2.47. The van der Waals surface area contributed by atoms with Crippen LogP contribution in [0.5, 0.6) is 0 Å². The molecule has 1 N–H and O–H groups in total. The van der Waals surface area contributed by atoms with Crippen LogP contribution in [0.2, 0.25) is 0 Å². The van der Waals surface area contributed by atoms with Crippen LogP contribution in [-0.2, 0) is 4.79 Å². The molecule has 0 bridgehead atoms. The van der Waals surface area contributed by atoms with Crippen LogP contribution in [0.25, 0.3) is 0 Å². The quantitative estimate of drug-likeness (QED) is 0.826. The van der Waals surface area contributed by atoms with Crippen molar-refractivity contribution in [3.8, 4) is 0 Å². The summed E-state index contributed by atoms with van der Waals surface area (Å²) in [6.45, 7) is 2.08. The molecule has 6 nitrogen and oxygen atoms in total. The first-order valence-electron chi connectivity index (χ1n) is 7.99. The molecule has 1 aromatic rings. The van der Waals surface area contributed by atoms with Gasteiger partial charge in [-0.2, -0.15) is 0 Å². The summed E-state index contributed by atoms with van der Waals surface area (Å²) in [5, 5.41) is 3.14. The van der Waals surface area contributed by atoms with Gasteiger partial charge in [-0.05, 0) is 44.5 Å². The minimum Gasteiger partial charge on any atom is -0.341 e. The third-order valence-electron chi connectivity index (χ3n) is 4.54. The van der Waals surface area contributed by atoms with Crippen LogP contribution < -0.4 is 5.32 Å². The molecule has 3 amide bonds. The predicted octanol–water partition coefficient (Wildman–Crippen LogP) is 1.16. The molecule has 1 unspecified atom stereocenters. The first-order valence-corrected chi connectivity index (χ1v) is 7.99. The summed E-state index contributed by atoms with van der Waals surface area (Å²) in [4.78, 5) is 40.0. The molecule has 0 radical (unpaired) electrons. The summed E-state index contributed by atoms with van der Waals surface area (Å²) in [5.74, 6) is -0.467. The number of hydrogen-bond donors (Lipinski definition) is 1. The number of halogens is 1. The van der Waals surface area contributed by atoms with E-state index in [1.54, 1.807) is 29.2 Å². The van der Waals surface area contributed by atoms with Crippen molar-refractivity contribution < 1.29 is 14.4 Å². The van der Waals surface area contributed by atoms with Crippen LogP contribution in [0.1, 0.15) is 33.6 Å². The van der Waals surface area contributed by atoms with E-state index in [1.807, 2.05) is 7.05 Å². The topological polar surface area (TPSA) is 69.7 Å². The maximum atomic E-state index is 12.5. The molecule has 2 heterocycles. The SMILES string of the molecule is CNCC1CCCN(C(=O)CN2C(=O)c3ccccc3C2=O)C1.Cl. The van der Waals surface area contributed by atoms with Crippen molar-refractivity contribution in [3.05, 3.63) is 35.4 Å². The zero-order valence-corrected chi connectivity index (χ0v) is 14.5. The average Bonchev–Trinajstić information content (AvgIpc) is 2.81. The molecule has 1 atom stereocenters. The van der Waals surface area contributed by atoms with Crippen molar-refractivity contribution in [1.29, 1.82) is 0 Å². The van der Waals surface area contributed by atoms with Gasteiger partial charge < -0.3 is 10.2 Å². The number of piperidine rings is 1. The molecule has 3 rings (SSSR count). The maximum Gasteiger partial charge on any atom is 0.262 e. The zero-order chi connectivity index (χ0) is 16.4. The number of benzene rings is 1. The Labute approximate surface area is 147 Å². The van der Waals surface area contributed by atoms with E-state index in [-0.39, 0.29) is 36.7 Å². The second-order valence-corrected chi connectivity index (χ2v) is 6.15. The van der Waals surface area contributed by atoms with Crippen LogP contribution in [0.15, 0.2) is 24.3 Å². The summed E-state index contributed by atoms with van der Waals surface area (Å²) in [5.41, 5.74) is 0.772. The van der Waals surface area contributed by atoms with Crippen molar-refractivity contribution >= 4 is 30.1 Å². The van der Waals surface area contributed by atoms with Gasteiger partial charge in [-0.25, -0.2) is 0 Å². The van der Waals surface area contributed by atoms with Gasteiger partial charge in [0.25, 0.3) is 11.8 Å². The Kier molecular flexibility index (Phi) is 5.96. The molecule has 1 aromatic carbocycles. The smallest absolute Gasteiger partial charge is 0.262 e. The van der Waals surface area contributed by atoms with Gasteiger partial charge >= 0.3 is 0 Å². The molecule has 2 aliphatic heterocycles. The Morgan fingerprint density at radius 3 is 2.42 bits per heavy atom. The fourth-order valence-corrected chi connectivity index (χ4v) is 3.36. The summed E-state index contributed by atoms with van der Waals surface area (Å²) in [6.07, 6.45) is 2.05. The highest BCUT2D eigenvalue weighted by Crippen LogP contribution is 2.23. The van der Waals surface area contributed by atoms with E-state index in [2.05, 4.69) is 5.32 Å². The van der Waals surface area contributed by atoms with Crippen LogP contribution in [-0.4, -0.2) is 60.7 Å². The van der Waals surface area contributed by atoms with Gasteiger partial charge in [0.15, 0.2) is 0 Å². The maximum absolute atomic E-state index is 12.5. The first-order chi connectivity index (χ1) is 11.1. The largest absolute Gasteiger partial charge is 0.341 e. The van der Waals surface area contributed by atoms with Crippen molar-refractivity contribution in [3.63, 3.8) is 0 Å². The van der Waals surface area contributed by atoms with Gasteiger partial charge in [0, 0.05) is 13.1 Å². The third kappa shape index (κ3) is 3.44. The zero-order valence-electron chi connectivity index (χ0n) is 13.7.